The van der Waals surface area contributed by atoms with Crippen molar-refractivity contribution in [3.63, 3.8) is 0 Å². The number of sulfone groups is 1. The second kappa shape index (κ2) is 9.52. The molecule has 1 amide bonds. The van der Waals surface area contributed by atoms with Crippen molar-refractivity contribution >= 4 is 38.4 Å². The summed E-state index contributed by atoms with van der Waals surface area (Å²) in [4.78, 5) is 35.0. The normalized spacial score (nSPS) is 22.4. The van der Waals surface area contributed by atoms with Crippen molar-refractivity contribution in [3.05, 3.63) is 35.9 Å². The lowest BCUT2D eigenvalue weighted by molar-refractivity contribution is -0.139. The van der Waals surface area contributed by atoms with E-state index in [0.717, 1.165) is 62.5 Å². The van der Waals surface area contributed by atoms with Gasteiger partial charge in [-0.2, -0.15) is 0 Å². The molecule has 1 aromatic carbocycles. The van der Waals surface area contributed by atoms with E-state index in [2.05, 4.69) is 4.90 Å². The van der Waals surface area contributed by atoms with E-state index in [1.807, 2.05) is 24.3 Å². The van der Waals surface area contributed by atoms with Gasteiger partial charge in [0.1, 0.15) is 11.4 Å². The number of hydrogen-bond acceptors (Lipinski definition) is 7. The third-order valence-corrected chi connectivity index (χ3v) is 9.01. The molecule has 1 aromatic heterocycles. The molecule has 0 N–H and O–H groups in total. The van der Waals surface area contributed by atoms with E-state index in [4.69, 9.17) is 9.72 Å². The highest BCUT2D eigenvalue weighted by molar-refractivity contribution is 7.91. The minimum atomic E-state index is -3.13. The summed E-state index contributed by atoms with van der Waals surface area (Å²) < 4.78 is 29.7. The first kappa shape index (κ1) is 23.1. The molecule has 2 aromatic rings. The van der Waals surface area contributed by atoms with Gasteiger partial charge in [-0.1, -0.05) is 31.0 Å². The summed E-state index contributed by atoms with van der Waals surface area (Å²) in [6.07, 6.45) is 6.32. The standard InChI is InChI=1S/C25H31N3O5S/c29-23(28(19-8-2-3-9-19)20-11-14-34(31,32)17-20)16-33-25(30)21-15-18-7-1-4-10-22(18)26-24(21)27-12-5-6-13-27/h1,4,7,10,15,19-20H,2-3,5-6,8-9,11-14,16-17H2. The summed E-state index contributed by atoms with van der Waals surface area (Å²) in [7, 11) is -3.13. The minimum absolute atomic E-state index is 0.00309. The van der Waals surface area contributed by atoms with Crippen LogP contribution in [-0.4, -0.2) is 73.5 Å². The maximum Gasteiger partial charge on any atom is 0.342 e. The number of carbonyl (C=O) groups excluding carboxylic acids is 2. The lowest BCUT2D eigenvalue weighted by Crippen LogP contribution is -2.48. The molecule has 3 fully saturated rings. The first-order chi connectivity index (χ1) is 16.4. The van der Waals surface area contributed by atoms with Gasteiger partial charge >= 0.3 is 5.97 Å². The monoisotopic (exact) mass is 485 g/mol. The van der Waals surface area contributed by atoms with Gasteiger partial charge in [-0.25, -0.2) is 18.2 Å². The van der Waals surface area contributed by atoms with E-state index in [-0.39, 0.29) is 29.5 Å². The molecule has 34 heavy (non-hydrogen) atoms. The smallest absolute Gasteiger partial charge is 0.342 e. The molecule has 2 aliphatic heterocycles. The molecule has 3 heterocycles. The average molecular weight is 486 g/mol. The molecular formula is C25H31N3O5S. The molecular weight excluding hydrogens is 454 g/mol. The fourth-order valence-corrected chi connectivity index (χ4v) is 7.30. The van der Waals surface area contributed by atoms with E-state index in [1.165, 1.54) is 0 Å². The Kier molecular flexibility index (Phi) is 6.46. The average Bonchev–Trinajstić information content (AvgIpc) is 3.60. The molecule has 0 bridgehead atoms. The van der Waals surface area contributed by atoms with Crippen molar-refractivity contribution in [1.82, 2.24) is 9.88 Å². The number of benzene rings is 1. The van der Waals surface area contributed by atoms with Gasteiger partial charge in [0.2, 0.25) is 0 Å². The molecule has 0 spiro atoms. The lowest BCUT2D eigenvalue weighted by Gasteiger charge is -2.33. The summed E-state index contributed by atoms with van der Waals surface area (Å²) in [5, 5.41) is 0.840. The fourth-order valence-electron chi connectivity index (χ4n) is 5.59. The number of nitrogens with zero attached hydrogens (tertiary/aromatic N) is 3. The van der Waals surface area contributed by atoms with E-state index >= 15 is 0 Å². The van der Waals surface area contributed by atoms with Gasteiger partial charge < -0.3 is 14.5 Å². The maximum absolute atomic E-state index is 13.2. The van der Waals surface area contributed by atoms with Crippen molar-refractivity contribution in [3.8, 4) is 0 Å². The highest BCUT2D eigenvalue weighted by atomic mass is 32.2. The van der Waals surface area contributed by atoms with Crippen LogP contribution in [0.2, 0.25) is 0 Å². The molecule has 0 radical (unpaired) electrons. The molecule has 1 unspecified atom stereocenters. The second-order valence-corrected chi connectivity index (χ2v) is 11.8. The van der Waals surface area contributed by atoms with E-state index < -0.39 is 22.4 Å². The van der Waals surface area contributed by atoms with Gasteiger partial charge in [0.05, 0.1) is 17.0 Å². The van der Waals surface area contributed by atoms with E-state index in [1.54, 1.807) is 11.0 Å². The van der Waals surface area contributed by atoms with E-state index in [0.29, 0.717) is 17.8 Å². The van der Waals surface area contributed by atoms with Crippen LogP contribution in [0.5, 0.6) is 0 Å². The summed E-state index contributed by atoms with van der Waals surface area (Å²) >= 11 is 0. The number of esters is 1. The number of anilines is 1. The number of carbonyl (C=O) groups is 2. The van der Waals surface area contributed by atoms with Crippen molar-refractivity contribution in [2.75, 3.05) is 36.1 Å². The summed E-state index contributed by atoms with van der Waals surface area (Å²) in [6, 6.07) is 9.12. The number of pyridine rings is 1. The zero-order valence-electron chi connectivity index (χ0n) is 19.3. The predicted molar refractivity (Wildman–Crippen MR) is 130 cm³/mol. The first-order valence-corrected chi connectivity index (χ1v) is 14.1. The number of aromatic nitrogens is 1. The Morgan fingerprint density at radius 2 is 1.76 bits per heavy atom. The van der Waals surface area contributed by atoms with Crippen LogP contribution in [0.4, 0.5) is 5.82 Å². The minimum Gasteiger partial charge on any atom is -0.452 e. The number of ether oxygens (including phenoxy) is 1. The number of fused-ring (bicyclic) bond motifs is 1. The molecule has 2 saturated heterocycles. The quantitative estimate of drug-likeness (QED) is 0.581. The molecule has 1 atom stereocenters. The molecule has 1 saturated carbocycles. The van der Waals surface area contributed by atoms with Gasteiger partial charge in [-0.05, 0) is 44.2 Å². The van der Waals surface area contributed by atoms with Crippen LogP contribution in [-0.2, 0) is 19.4 Å². The maximum atomic E-state index is 13.2. The zero-order valence-corrected chi connectivity index (χ0v) is 20.1. The van der Waals surface area contributed by atoms with Gasteiger partial charge in [0.25, 0.3) is 5.91 Å². The van der Waals surface area contributed by atoms with Crippen molar-refractivity contribution in [2.45, 2.75) is 57.0 Å². The number of hydrogen-bond donors (Lipinski definition) is 0. The van der Waals surface area contributed by atoms with E-state index in [9.17, 15) is 18.0 Å². The Morgan fingerprint density at radius 1 is 1.03 bits per heavy atom. The summed E-state index contributed by atoms with van der Waals surface area (Å²) in [5.74, 6) is -0.173. The van der Waals surface area contributed by atoms with Crippen molar-refractivity contribution < 1.29 is 22.7 Å². The summed E-state index contributed by atoms with van der Waals surface area (Å²) in [5.41, 5.74) is 1.18. The molecule has 9 heteroatoms. The Hall–Kier alpha value is -2.68. The Labute approximate surface area is 200 Å². The van der Waals surface area contributed by atoms with Crippen LogP contribution >= 0.6 is 0 Å². The van der Waals surface area contributed by atoms with Crippen molar-refractivity contribution in [1.29, 1.82) is 0 Å². The second-order valence-electron chi connectivity index (χ2n) is 9.62. The van der Waals surface area contributed by atoms with Crippen LogP contribution in [0.25, 0.3) is 10.9 Å². The Bertz CT molecular complexity index is 1190. The van der Waals surface area contributed by atoms with Crippen LogP contribution < -0.4 is 4.90 Å². The number of rotatable bonds is 6. The SMILES string of the molecule is O=C(OCC(=O)N(C1CCCC1)C1CCS(=O)(=O)C1)c1cc2ccccc2nc1N1CCCC1. The van der Waals surface area contributed by atoms with Crippen LogP contribution in [0, 0.1) is 0 Å². The predicted octanol–water partition coefficient (Wildman–Crippen LogP) is 2.95. The molecule has 8 nitrogen and oxygen atoms in total. The Morgan fingerprint density at radius 3 is 2.47 bits per heavy atom. The highest BCUT2D eigenvalue weighted by Crippen LogP contribution is 2.30. The first-order valence-electron chi connectivity index (χ1n) is 12.2. The molecule has 182 valence electrons. The largest absolute Gasteiger partial charge is 0.452 e. The number of para-hydroxylation sites is 1. The third-order valence-electron chi connectivity index (χ3n) is 7.26. The number of amides is 1. The van der Waals surface area contributed by atoms with Gasteiger partial charge in [-0.15, -0.1) is 0 Å². The Balaban J connectivity index is 1.35. The summed E-state index contributed by atoms with van der Waals surface area (Å²) in [6.45, 7) is 1.27. The highest BCUT2D eigenvalue weighted by Gasteiger charge is 2.39. The van der Waals surface area contributed by atoms with Crippen LogP contribution in [0.3, 0.4) is 0 Å². The molecule has 3 aliphatic rings. The van der Waals surface area contributed by atoms with Gasteiger partial charge in [0.15, 0.2) is 16.4 Å². The van der Waals surface area contributed by atoms with Crippen molar-refractivity contribution in [2.24, 2.45) is 0 Å². The lowest BCUT2D eigenvalue weighted by atomic mass is 10.1. The third kappa shape index (κ3) is 4.76. The molecule has 5 rings (SSSR count). The van der Waals surface area contributed by atoms with Gasteiger partial charge in [-0.3, -0.25) is 4.79 Å². The van der Waals surface area contributed by atoms with Gasteiger partial charge in [0, 0.05) is 30.6 Å². The van der Waals surface area contributed by atoms with Crippen LogP contribution in [0.1, 0.15) is 55.3 Å². The molecule has 1 aliphatic carbocycles. The fraction of sp³-hybridized carbons (Fsp3) is 0.560. The topological polar surface area (TPSA) is 96.9 Å². The van der Waals surface area contributed by atoms with Crippen LogP contribution in [0.15, 0.2) is 30.3 Å². The zero-order chi connectivity index (χ0) is 23.7.